The van der Waals surface area contributed by atoms with Crippen molar-refractivity contribution >= 4 is 12.1 Å². The number of hydrogen-bond acceptors (Lipinski definition) is 3. The summed E-state index contributed by atoms with van der Waals surface area (Å²) in [5.41, 5.74) is 1.46. The number of carbonyl (C=O) groups is 1. The molecule has 1 heterocycles. The summed E-state index contributed by atoms with van der Waals surface area (Å²) in [5.74, 6) is 0.880. The van der Waals surface area contributed by atoms with Gasteiger partial charge in [-0.3, -0.25) is 4.79 Å². The molecule has 1 saturated carbocycles. The van der Waals surface area contributed by atoms with Gasteiger partial charge in [-0.15, -0.1) is 0 Å². The molecule has 68 valence electrons. The van der Waals surface area contributed by atoms with Crippen LogP contribution in [0.15, 0.2) is 12.1 Å². The fraction of sp³-hybridized carbons (Fsp3) is 0.400. The maximum absolute atomic E-state index is 10.5. The van der Waals surface area contributed by atoms with Crippen molar-refractivity contribution in [1.29, 1.82) is 0 Å². The molecule has 1 N–H and O–H groups in total. The van der Waals surface area contributed by atoms with E-state index in [9.17, 15) is 4.79 Å². The van der Waals surface area contributed by atoms with Gasteiger partial charge in [-0.25, -0.2) is 4.98 Å². The summed E-state index contributed by atoms with van der Waals surface area (Å²) in [4.78, 5) is 14.8. The number of anilines is 1. The molecule has 0 unspecified atom stereocenters. The number of pyridine rings is 1. The van der Waals surface area contributed by atoms with E-state index < -0.39 is 0 Å². The molecule has 2 rings (SSSR count). The van der Waals surface area contributed by atoms with Crippen LogP contribution in [-0.2, 0) is 0 Å². The Kier molecular flexibility index (Phi) is 2.00. The lowest BCUT2D eigenvalue weighted by atomic mass is 10.2. The van der Waals surface area contributed by atoms with Gasteiger partial charge in [-0.1, -0.05) is 0 Å². The first-order chi connectivity index (χ1) is 6.29. The Bertz CT molecular complexity index is 332. The van der Waals surface area contributed by atoms with Crippen molar-refractivity contribution in [2.24, 2.45) is 0 Å². The molecule has 0 atom stereocenters. The van der Waals surface area contributed by atoms with E-state index in [4.69, 9.17) is 0 Å². The summed E-state index contributed by atoms with van der Waals surface area (Å²) < 4.78 is 0. The van der Waals surface area contributed by atoms with Gasteiger partial charge in [-0.2, -0.15) is 0 Å². The second-order valence-electron chi connectivity index (χ2n) is 3.41. The molecule has 1 fully saturated rings. The second-order valence-corrected chi connectivity index (χ2v) is 3.41. The topological polar surface area (TPSA) is 42.0 Å². The minimum Gasteiger partial charge on any atom is -0.367 e. The van der Waals surface area contributed by atoms with Crippen LogP contribution < -0.4 is 5.32 Å². The molecular formula is C10H12N2O. The average Bonchev–Trinajstić information content (AvgIpc) is 2.89. The van der Waals surface area contributed by atoms with Crippen molar-refractivity contribution in [1.82, 2.24) is 4.98 Å². The lowest BCUT2D eigenvalue weighted by Crippen LogP contribution is -2.04. The van der Waals surface area contributed by atoms with E-state index in [1.807, 2.05) is 13.0 Å². The van der Waals surface area contributed by atoms with E-state index in [-0.39, 0.29) is 0 Å². The van der Waals surface area contributed by atoms with Crippen LogP contribution in [0.1, 0.15) is 28.9 Å². The molecule has 1 aromatic rings. The summed E-state index contributed by atoms with van der Waals surface area (Å²) in [6, 6.07) is 4.27. The Morgan fingerprint density at radius 1 is 1.54 bits per heavy atom. The van der Waals surface area contributed by atoms with Crippen LogP contribution >= 0.6 is 0 Å². The molecule has 0 amide bonds. The monoisotopic (exact) mass is 176 g/mol. The second kappa shape index (κ2) is 3.17. The Morgan fingerprint density at radius 3 is 2.85 bits per heavy atom. The molecule has 0 aromatic carbocycles. The summed E-state index contributed by atoms with van der Waals surface area (Å²) in [6.45, 7) is 1.85. The van der Waals surface area contributed by atoms with E-state index >= 15 is 0 Å². The molecule has 0 radical (unpaired) electrons. The lowest BCUT2D eigenvalue weighted by Gasteiger charge is -2.04. The van der Waals surface area contributed by atoms with Crippen molar-refractivity contribution in [2.75, 3.05) is 5.32 Å². The Morgan fingerprint density at radius 2 is 2.31 bits per heavy atom. The van der Waals surface area contributed by atoms with Gasteiger partial charge in [0.25, 0.3) is 0 Å². The number of carbonyl (C=O) groups excluding carboxylic acids is 1. The maximum Gasteiger partial charge on any atom is 0.151 e. The van der Waals surface area contributed by atoms with Gasteiger partial charge in [0.05, 0.1) is 5.69 Å². The molecule has 1 aliphatic rings. The molecule has 0 spiro atoms. The van der Waals surface area contributed by atoms with Gasteiger partial charge in [-0.05, 0) is 31.9 Å². The SMILES string of the molecule is Cc1nc(NC2CC2)ccc1C=O. The highest BCUT2D eigenvalue weighted by Gasteiger charge is 2.21. The van der Waals surface area contributed by atoms with Crippen LogP contribution in [0.5, 0.6) is 0 Å². The molecule has 0 saturated heterocycles. The summed E-state index contributed by atoms with van der Waals surface area (Å²) in [5, 5.41) is 3.28. The minimum atomic E-state index is 0.606. The highest BCUT2D eigenvalue weighted by atomic mass is 16.1. The van der Waals surface area contributed by atoms with Crippen molar-refractivity contribution in [3.8, 4) is 0 Å². The zero-order chi connectivity index (χ0) is 9.26. The van der Waals surface area contributed by atoms with Crippen molar-refractivity contribution in [2.45, 2.75) is 25.8 Å². The van der Waals surface area contributed by atoms with Gasteiger partial charge >= 0.3 is 0 Å². The van der Waals surface area contributed by atoms with Crippen molar-refractivity contribution < 1.29 is 4.79 Å². The third-order valence-corrected chi connectivity index (χ3v) is 2.18. The predicted molar refractivity (Wildman–Crippen MR) is 51.0 cm³/mol. The van der Waals surface area contributed by atoms with Crippen LogP contribution in [0.3, 0.4) is 0 Å². The first-order valence-corrected chi connectivity index (χ1v) is 4.49. The molecule has 0 aliphatic heterocycles. The van der Waals surface area contributed by atoms with Crippen LogP contribution in [0.25, 0.3) is 0 Å². The standard InChI is InChI=1S/C10H12N2O/c1-7-8(6-13)2-5-10(11-7)12-9-3-4-9/h2,5-6,9H,3-4H2,1H3,(H,11,12). The highest BCUT2D eigenvalue weighted by molar-refractivity contribution is 5.76. The fourth-order valence-corrected chi connectivity index (χ4v) is 1.21. The number of aryl methyl sites for hydroxylation is 1. The number of hydrogen-bond donors (Lipinski definition) is 1. The maximum atomic E-state index is 10.5. The Hall–Kier alpha value is -1.38. The van der Waals surface area contributed by atoms with Crippen LogP contribution in [0, 0.1) is 6.92 Å². The number of aromatic nitrogens is 1. The molecule has 3 heteroatoms. The predicted octanol–water partition coefficient (Wildman–Crippen LogP) is 1.78. The third-order valence-electron chi connectivity index (χ3n) is 2.18. The van der Waals surface area contributed by atoms with Crippen molar-refractivity contribution in [3.05, 3.63) is 23.4 Å². The first kappa shape index (κ1) is 8.23. The average molecular weight is 176 g/mol. The largest absolute Gasteiger partial charge is 0.367 e. The molecular weight excluding hydrogens is 164 g/mol. The Balaban J connectivity index is 2.18. The van der Waals surface area contributed by atoms with Crippen LogP contribution in [0.4, 0.5) is 5.82 Å². The number of nitrogens with zero attached hydrogens (tertiary/aromatic N) is 1. The number of aldehydes is 1. The normalized spacial score (nSPS) is 15.5. The lowest BCUT2D eigenvalue weighted by molar-refractivity contribution is 0.112. The van der Waals surface area contributed by atoms with Crippen LogP contribution in [-0.4, -0.2) is 17.3 Å². The van der Waals surface area contributed by atoms with Gasteiger partial charge < -0.3 is 5.32 Å². The Labute approximate surface area is 77.2 Å². The number of rotatable bonds is 3. The van der Waals surface area contributed by atoms with Gasteiger partial charge in [0.2, 0.25) is 0 Å². The van der Waals surface area contributed by atoms with E-state index in [0.717, 1.165) is 17.8 Å². The smallest absolute Gasteiger partial charge is 0.151 e. The summed E-state index contributed by atoms with van der Waals surface area (Å²) >= 11 is 0. The van der Waals surface area contributed by atoms with Crippen LogP contribution in [0.2, 0.25) is 0 Å². The molecule has 3 nitrogen and oxygen atoms in total. The van der Waals surface area contributed by atoms with E-state index in [1.165, 1.54) is 12.8 Å². The fourth-order valence-electron chi connectivity index (χ4n) is 1.21. The molecule has 1 aromatic heterocycles. The highest BCUT2D eigenvalue weighted by Crippen LogP contribution is 2.23. The van der Waals surface area contributed by atoms with Gasteiger partial charge in [0.1, 0.15) is 5.82 Å². The first-order valence-electron chi connectivity index (χ1n) is 4.49. The van der Waals surface area contributed by atoms with Gasteiger partial charge in [0, 0.05) is 11.6 Å². The van der Waals surface area contributed by atoms with E-state index in [1.54, 1.807) is 6.07 Å². The summed E-state index contributed by atoms with van der Waals surface area (Å²) in [6.07, 6.45) is 3.30. The quantitative estimate of drug-likeness (QED) is 0.714. The van der Waals surface area contributed by atoms with E-state index in [2.05, 4.69) is 10.3 Å². The molecule has 0 bridgehead atoms. The zero-order valence-corrected chi connectivity index (χ0v) is 7.58. The number of nitrogens with one attached hydrogen (secondary N) is 1. The molecule has 1 aliphatic carbocycles. The van der Waals surface area contributed by atoms with Gasteiger partial charge in [0.15, 0.2) is 6.29 Å². The third kappa shape index (κ3) is 1.86. The molecule has 13 heavy (non-hydrogen) atoms. The minimum absolute atomic E-state index is 0.606. The van der Waals surface area contributed by atoms with E-state index in [0.29, 0.717) is 11.6 Å². The zero-order valence-electron chi connectivity index (χ0n) is 7.58. The van der Waals surface area contributed by atoms with Crippen molar-refractivity contribution in [3.63, 3.8) is 0 Å². The summed E-state index contributed by atoms with van der Waals surface area (Å²) in [7, 11) is 0.